The molecule has 1 N–H and O–H groups in total. The van der Waals surface area contributed by atoms with Gasteiger partial charge >= 0.3 is 12.1 Å². The minimum absolute atomic E-state index is 0.176. The molecular weight excluding hydrogens is 222 g/mol. The Kier molecular flexibility index (Phi) is 4.37. The predicted molar refractivity (Wildman–Crippen MR) is 62.5 cm³/mol. The van der Waals surface area contributed by atoms with E-state index in [1.165, 1.54) is 7.11 Å². The van der Waals surface area contributed by atoms with Crippen molar-refractivity contribution in [1.82, 2.24) is 5.32 Å². The van der Waals surface area contributed by atoms with E-state index >= 15 is 0 Å². The topological polar surface area (TPSA) is 64.6 Å². The number of rotatable bonds is 3. The predicted octanol–water partition coefficient (Wildman–Crippen LogP) is 1.85. The minimum atomic E-state index is -0.580. The Morgan fingerprint density at radius 1 is 1.29 bits per heavy atom. The van der Waals surface area contributed by atoms with Gasteiger partial charge in [-0.1, -0.05) is 6.42 Å². The average molecular weight is 243 g/mol. The summed E-state index contributed by atoms with van der Waals surface area (Å²) in [4.78, 5) is 23.1. The van der Waals surface area contributed by atoms with Crippen LogP contribution in [0.4, 0.5) is 4.79 Å². The molecule has 0 saturated heterocycles. The van der Waals surface area contributed by atoms with Crippen molar-refractivity contribution in [3.63, 3.8) is 0 Å². The Morgan fingerprint density at radius 2 is 1.88 bits per heavy atom. The van der Waals surface area contributed by atoms with Crippen LogP contribution in [0.2, 0.25) is 0 Å². The summed E-state index contributed by atoms with van der Waals surface area (Å²) in [6.45, 7) is 5.34. The van der Waals surface area contributed by atoms with Gasteiger partial charge in [-0.25, -0.2) is 9.59 Å². The molecular formula is C12H21NO4. The smallest absolute Gasteiger partial charge is 0.408 e. The lowest BCUT2D eigenvalue weighted by Crippen LogP contribution is -2.49. The van der Waals surface area contributed by atoms with Gasteiger partial charge in [0, 0.05) is 0 Å². The first kappa shape index (κ1) is 13.8. The van der Waals surface area contributed by atoms with Crippen LogP contribution in [0.25, 0.3) is 0 Å². The van der Waals surface area contributed by atoms with Gasteiger partial charge in [0.1, 0.15) is 11.6 Å². The van der Waals surface area contributed by atoms with Crippen molar-refractivity contribution >= 4 is 12.1 Å². The third-order valence-corrected chi connectivity index (χ3v) is 2.75. The molecule has 1 saturated carbocycles. The summed E-state index contributed by atoms with van der Waals surface area (Å²) < 4.78 is 9.81. The van der Waals surface area contributed by atoms with Gasteiger partial charge in [0.2, 0.25) is 0 Å². The van der Waals surface area contributed by atoms with Gasteiger partial charge in [0.15, 0.2) is 0 Å². The lowest BCUT2D eigenvalue weighted by atomic mass is 9.80. The summed E-state index contributed by atoms with van der Waals surface area (Å²) >= 11 is 0. The molecule has 0 aliphatic heterocycles. The molecule has 1 aliphatic carbocycles. The zero-order chi connectivity index (χ0) is 13.1. The second-order valence-electron chi connectivity index (χ2n) is 5.34. The molecule has 17 heavy (non-hydrogen) atoms. The van der Waals surface area contributed by atoms with E-state index in [0.717, 1.165) is 19.3 Å². The first-order valence-corrected chi connectivity index (χ1v) is 5.91. The van der Waals surface area contributed by atoms with Crippen molar-refractivity contribution in [2.75, 3.05) is 7.11 Å². The standard InChI is InChI=1S/C12H21NO4/c1-12(2,3)17-11(15)13-9(10(14)16-4)8-6-5-7-8/h8-9H,5-7H2,1-4H3,(H,13,15). The van der Waals surface area contributed by atoms with Gasteiger partial charge in [-0.15, -0.1) is 0 Å². The number of amides is 1. The maximum absolute atomic E-state index is 11.6. The van der Waals surface area contributed by atoms with Gasteiger partial charge in [0.05, 0.1) is 7.11 Å². The van der Waals surface area contributed by atoms with E-state index in [0.29, 0.717) is 0 Å². The normalized spacial score (nSPS) is 17.9. The van der Waals surface area contributed by atoms with E-state index in [9.17, 15) is 9.59 Å². The van der Waals surface area contributed by atoms with Crippen LogP contribution in [-0.4, -0.2) is 30.8 Å². The first-order valence-electron chi connectivity index (χ1n) is 5.91. The van der Waals surface area contributed by atoms with Gasteiger partial charge < -0.3 is 14.8 Å². The summed E-state index contributed by atoms with van der Waals surface area (Å²) in [5.74, 6) is -0.226. The van der Waals surface area contributed by atoms with Crippen molar-refractivity contribution in [1.29, 1.82) is 0 Å². The molecule has 5 nitrogen and oxygen atoms in total. The molecule has 5 heteroatoms. The molecule has 1 aliphatic rings. The maximum atomic E-state index is 11.6. The Morgan fingerprint density at radius 3 is 2.24 bits per heavy atom. The lowest BCUT2D eigenvalue weighted by Gasteiger charge is -2.32. The lowest BCUT2D eigenvalue weighted by molar-refractivity contribution is -0.145. The number of hydrogen-bond acceptors (Lipinski definition) is 4. The number of carbonyl (C=O) groups is 2. The molecule has 1 fully saturated rings. The molecule has 0 spiro atoms. The van der Waals surface area contributed by atoms with Crippen molar-refractivity contribution in [2.24, 2.45) is 5.92 Å². The van der Waals surface area contributed by atoms with E-state index in [-0.39, 0.29) is 5.92 Å². The maximum Gasteiger partial charge on any atom is 0.408 e. The largest absolute Gasteiger partial charge is 0.467 e. The fourth-order valence-corrected chi connectivity index (χ4v) is 1.70. The molecule has 1 atom stereocenters. The highest BCUT2D eigenvalue weighted by molar-refractivity contribution is 5.81. The van der Waals surface area contributed by atoms with Crippen LogP contribution in [0.5, 0.6) is 0 Å². The average Bonchev–Trinajstić information content (AvgIpc) is 2.09. The number of esters is 1. The van der Waals surface area contributed by atoms with Gasteiger partial charge in [0.25, 0.3) is 0 Å². The monoisotopic (exact) mass is 243 g/mol. The van der Waals surface area contributed by atoms with Crippen LogP contribution < -0.4 is 5.32 Å². The first-order chi connectivity index (χ1) is 7.83. The number of hydrogen-bond donors (Lipinski definition) is 1. The zero-order valence-corrected chi connectivity index (χ0v) is 10.9. The van der Waals surface area contributed by atoms with Crippen LogP contribution in [0, 0.1) is 5.92 Å². The number of methoxy groups -OCH3 is 1. The summed E-state index contributed by atoms with van der Waals surface area (Å²) in [6, 6.07) is -0.580. The molecule has 0 radical (unpaired) electrons. The van der Waals surface area contributed by atoms with Gasteiger partial charge in [-0.3, -0.25) is 0 Å². The molecule has 0 bridgehead atoms. The van der Waals surface area contributed by atoms with Gasteiger partial charge in [-0.2, -0.15) is 0 Å². The van der Waals surface area contributed by atoms with Crippen molar-refractivity contribution in [3.05, 3.63) is 0 Å². The highest BCUT2D eigenvalue weighted by Gasteiger charge is 2.35. The third-order valence-electron chi connectivity index (χ3n) is 2.75. The van der Waals surface area contributed by atoms with Crippen molar-refractivity contribution in [3.8, 4) is 0 Å². The van der Waals surface area contributed by atoms with Crippen LogP contribution in [0.15, 0.2) is 0 Å². The second kappa shape index (κ2) is 5.38. The minimum Gasteiger partial charge on any atom is -0.467 e. The Labute approximate surface area is 102 Å². The second-order valence-corrected chi connectivity index (χ2v) is 5.34. The van der Waals surface area contributed by atoms with E-state index in [1.54, 1.807) is 20.8 Å². The molecule has 0 aromatic heterocycles. The number of alkyl carbamates (subject to hydrolysis) is 1. The molecule has 1 rings (SSSR count). The van der Waals surface area contributed by atoms with Crippen LogP contribution in [0.3, 0.4) is 0 Å². The highest BCUT2D eigenvalue weighted by atomic mass is 16.6. The fourth-order valence-electron chi connectivity index (χ4n) is 1.70. The van der Waals surface area contributed by atoms with E-state index in [1.807, 2.05) is 0 Å². The number of carbonyl (C=O) groups excluding carboxylic acids is 2. The highest BCUT2D eigenvalue weighted by Crippen LogP contribution is 2.30. The summed E-state index contributed by atoms with van der Waals surface area (Å²) in [5, 5.41) is 2.59. The molecule has 1 unspecified atom stereocenters. The van der Waals surface area contributed by atoms with E-state index in [2.05, 4.69) is 5.32 Å². The van der Waals surface area contributed by atoms with Crippen molar-refractivity contribution < 1.29 is 19.1 Å². The van der Waals surface area contributed by atoms with Crippen LogP contribution in [0.1, 0.15) is 40.0 Å². The van der Waals surface area contributed by atoms with Gasteiger partial charge in [-0.05, 0) is 39.5 Å². The Bertz CT molecular complexity index is 291. The quantitative estimate of drug-likeness (QED) is 0.768. The molecule has 0 aromatic rings. The SMILES string of the molecule is COC(=O)C(NC(=O)OC(C)(C)C)C1CCC1. The van der Waals surface area contributed by atoms with Crippen LogP contribution >= 0.6 is 0 Å². The molecule has 0 aromatic carbocycles. The third kappa shape index (κ3) is 4.24. The molecule has 98 valence electrons. The van der Waals surface area contributed by atoms with E-state index < -0.39 is 23.7 Å². The molecule has 1 amide bonds. The molecule has 0 heterocycles. The van der Waals surface area contributed by atoms with E-state index in [4.69, 9.17) is 9.47 Å². The Balaban J connectivity index is 2.54. The fraction of sp³-hybridized carbons (Fsp3) is 0.833. The summed E-state index contributed by atoms with van der Waals surface area (Å²) in [6.07, 6.45) is 2.40. The number of nitrogens with one attached hydrogen (secondary N) is 1. The van der Waals surface area contributed by atoms with Crippen molar-refractivity contribution in [2.45, 2.75) is 51.7 Å². The summed E-state index contributed by atoms with van der Waals surface area (Å²) in [7, 11) is 1.32. The van der Waals surface area contributed by atoms with Crippen LogP contribution in [-0.2, 0) is 14.3 Å². The number of ether oxygens (including phenoxy) is 2. The summed E-state index contributed by atoms with van der Waals surface area (Å²) in [5.41, 5.74) is -0.565. The Hall–Kier alpha value is -1.26. The zero-order valence-electron chi connectivity index (χ0n) is 10.9.